The Hall–Kier alpha value is -2.44. The van der Waals surface area contributed by atoms with Gasteiger partial charge in [-0.15, -0.1) is 0 Å². The fourth-order valence-corrected chi connectivity index (χ4v) is 4.28. The first-order valence-corrected chi connectivity index (χ1v) is 11.0. The second-order valence-corrected chi connectivity index (χ2v) is 10.1. The number of halogens is 1. The molecule has 152 valence electrons. The quantitative estimate of drug-likeness (QED) is 0.560. The van der Waals surface area contributed by atoms with Crippen molar-refractivity contribution in [3.8, 4) is 5.75 Å². The highest BCUT2D eigenvalue weighted by molar-refractivity contribution is 7.91. The summed E-state index contributed by atoms with van der Waals surface area (Å²) in [6.07, 6.45) is 1.33. The molecule has 7 heteroatoms. The molecule has 0 unspecified atom stereocenters. The van der Waals surface area contributed by atoms with Crippen molar-refractivity contribution in [2.75, 3.05) is 0 Å². The van der Waals surface area contributed by atoms with Gasteiger partial charge in [0.15, 0.2) is 5.82 Å². The van der Waals surface area contributed by atoms with Gasteiger partial charge in [-0.2, -0.15) is 0 Å². The van der Waals surface area contributed by atoms with Gasteiger partial charge < -0.3 is 4.74 Å². The van der Waals surface area contributed by atoms with E-state index in [0.717, 1.165) is 0 Å². The molecule has 2 aromatic carbocycles. The van der Waals surface area contributed by atoms with Crippen LogP contribution in [0.1, 0.15) is 37.9 Å². The first kappa shape index (κ1) is 21.3. The minimum absolute atomic E-state index is 0.0677. The molecule has 0 amide bonds. The Morgan fingerprint density at radius 1 is 1.00 bits per heavy atom. The summed E-state index contributed by atoms with van der Waals surface area (Å²) in [4.78, 5) is 8.71. The third kappa shape index (κ3) is 4.95. The number of hydrogen-bond donors (Lipinski definition) is 0. The Balaban J connectivity index is 1.75. The maximum absolute atomic E-state index is 12.8. The molecule has 0 aliphatic heterocycles. The zero-order chi connectivity index (χ0) is 21.2. The number of nitrogens with zero attached hydrogens (tertiary/aromatic N) is 2. The van der Waals surface area contributed by atoms with E-state index in [9.17, 15) is 8.42 Å². The van der Waals surface area contributed by atoms with Crippen LogP contribution in [0.3, 0.4) is 0 Å². The maximum atomic E-state index is 12.8. The highest BCUT2D eigenvalue weighted by Crippen LogP contribution is 2.25. The average molecular weight is 431 g/mol. The number of hydrogen-bond acceptors (Lipinski definition) is 5. The number of benzene rings is 2. The van der Waals surface area contributed by atoms with E-state index in [0.29, 0.717) is 22.3 Å². The summed E-state index contributed by atoms with van der Waals surface area (Å²) in [5, 5.41) is 0.472. The van der Waals surface area contributed by atoms with Gasteiger partial charge in [-0.1, -0.05) is 44.5 Å². The molecule has 3 aromatic rings. The molecule has 0 atom stereocenters. The second kappa shape index (κ2) is 8.13. The third-order valence-electron chi connectivity index (χ3n) is 4.49. The SMILES string of the molecule is Cc1nc(COc2ccc(C(C)(C)C)cc2)ncc1S(=O)(=O)c1ccc(Cl)cc1. The summed E-state index contributed by atoms with van der Waals surface area (Å²) in [7, 11) is -3.71. The summed E-state index contributed by atoms with van der Waals surface area (Å²) in [6, 6.07) is 13.9. The van der Waals surface area contributed by atoms with Crippen LogP contribution < -0.4 is 4.74 Å². The molecule has 5 nitrogen and oxygen atoms in total. The Bertz CT molecular complexity index is 1100. The molecule has 0 radical (unpaired) electrons. The minimum Gasteiger partial charge on any atom is -0.486 e. The lowest BCUT2D eigenvalue weighted by Gasteiger charge is -2.19. The van der Waals surface area contributed by atoms with Crippen LogP contribution in [0.4, 0.5) is 0 Å². The number of aryl methyl sites for hydroxylation is 1. The third-order valence-corrected chi connectivity index (χ3v) is 6.61. The maximum Gasteiger partial charge on any atom is 0.209 e. The van der Waals surface area contributed by atoms with Gasteiger partial charge in [-0.05, 0) is 54.3 Å². The van der Waals surface area contributed by atoms with Crippen LogP contribution >= 0.6 is 11.6 Å². The molecule has 3 rings (SSSR count). The van der Waals surface area contributed by atoms with Gasteiger partial charge in [0.1, 0.15) is 17.3 Å². The van der Waals surface area contributed by atoms with Crippen LogP contribution in [0.2, 0.25) is 5.02 Å². The van der Waals surface area contributed by atoms with Gasteiger partial charge in [0.25, 0.3) is 0 Å². The molecule has 29 heavy (non-hydrogen) atoms. The average Bonchev–Trinajstić information content (AvgIpc) is 2.66. The second-order valence-electron chi connectivity index (χ2n) is 7.76. The van der Waals surface area contributed by atoms with Crippen molar-refractivity contribution in [2.24, 2.45) is 0 Å². The molecule has 0 aliphatic rings. The van der Waals surface area contributed by atoms with Crippen LogP contribution in [-0.2, 0) is 21.9 Å². The smallest absolute Gasteiger partial charge is 0.209 e. The van der Waals surface area contributed by atoms with Crippen LogP contribution in [0.25, 0.3) is 0 Å². The number of sulfone groups is 1. The summed E-state index contributed by atoms with van der Waals surface area (Å²) < 4.78 is 31.4. The van der Waals surface area contributed by atoms with E-state index in [4.69, 9.17) is 16.3 Å². The van der Waals surface area contributed by atoms with Crippen molar-refractivity contribution in [1.82, 2.24) is 9.97 Å². The molecule has 0 spiro atoms. The van der Waals surface area contributed by atoms with Crippen LogP contribution in [0, 0.1) is 6.92 Å². The van der Waals surface area contributed by atoms with Crippen molar-refractivity contribution in [2.45, 2.75) is 49.5 Å². The number of aromatic nitrogens is 2. The lowest BCUT2D eigenvalue weighted by Crippen LogP contribution is -2.11. The first-order valence-electron chi connectivity index (χ1n) is 9.14. The van der Waals surface area contributed by atoms with Gasteiger partial charge in [-0.25, -0.2) is 18.4 Å². The predicted octanol–water partition coefficient (Wildman–Crippen LogP) is 5.15. The summed E-state index contributed by atoms with van der Waals surface area (Å²) >= 11 is 5.84. The van der Waals surface area contributed by atoms with Crippen molar-refractivity contribution < 1.29 is 13.2 Å². The highest BCUT2D eigenvalue weighted by atomic mass is 35.5. The molecule has 0 aliphatic carbocycles. The van der Waals surface area contributed by atoms with E-state index in [1.807, 2.05) is 24.3 Å². The van der Waals surface area contributed by atoms with E-state index in [1.165, 1.54) is 36.0 Å². The lowest BCUT2D eigenvalue weighted by atomic mass is 9.87. The molecule has 0 saturated heterocycles. The van der Waals surface area contributed by atoms with E-state index in [2.05, 4.69) is 30.7 Å². The number of ether oxygens (including phenoxy) is 1. The Labute approximate surface area is 176 Å². The Morgan fingerprint density at radius 2 is 1.62 bits per heavy atom. The molecule has 0 N–H and O–H groups in total. The number of rotatable bonds is 5. The molecule has 0 saturated carbocycles. The van der Waals surface area contributed by atoms with Crippen LogP contribution in [-0.4, -0.2) is 18.4 Å². The molecule has 0 bridgehead atoms. The van der Waals surface area contributed by atoms with Gasteiger partial charge >= 0.3 is 0 Å². The topological polar surface area (TPSA) is 69.2 Å². The van der Waals surface area contributed by atoms with E-state index < -0.39 is 9.84 Å². The van der Waals surface area contributed by atoms with Gasteiger partial charge in [0.2, 0.25) is 9.84 Å². The Morgan fingerprint density at radius 3 is 2.17 bits per heavy atom. The zero-order valence-corrected chi connectivity index (χ0v) is 18.4. The fourth-order valence-electron chi connectivity index (χ4n) is 2.78. The first-order chi connectivity index (χ1) is 13.6. The van der Waals surface area contributed by atoms with Gasteiger partial charge in [-0.3, -0.25) is 0 Å². The normalized spacial score (nSPS) is 12.0. The summed E-state index contributed by atoms with van der Waals surface area (Å²) in [5.41, 5.74) is 1.66. The van der Waals surface area contributed by atoms with E-state index in [-0.39, 0.29) is 21.8 Å². The minimum atomic E-state index is -3.71. The molecular weight excluding hydrogens is 408 g/mol. The van der Waals surface area contributed by atoms with Crippen molar-refractivity contribution in [3.63, 3.8) is 0 Å². The van der Waals surface area contributed by atoms with Gasteiger partial charge in [0, 0.05) is 5.02 Å². The standard InChI is InChI=1S/C22H23ClN2O3S/c1-15-20(29(26,27)19-11-7-17(23)8-12-19)13-24-21(25-15)14-28-18-9-5-16(6-10-18)22(2,3)4/h5-13H,14H2,1-4H3. The monoisotopic (exact) mass is 430 g/mol. The van der Waals surface area contributed by atoms with Crippen molar-refractivity contribution in [3.05, 3.63) is 76.8 Å². The van der Waals surface area contributed by atoms with Crippen molar-refractivity contribution >= 4 is 21.4 Å². The summed E-state index contributed by atoms with van der Waals surface area (Å²) in [5.74, 6) is 1.12. The fraction of sp³-hybridized carbons (Fsp3) is 0.273. The molecule has 1 heterocycles. The molecule has 0 fully saturated rings. The lowest BCUT2D eigenvalue weighted by molar-refractivity contribution is 0.295. The largest absolute Gasteiger partial charge is 0.486 e. The van der Waals surface area contributed by atoms with E-state index in [1.54, 1.807) is 6.92 Å². The predicted molar refractivity (Wildman–Crippen MR) is 113 cm³/mol. The highest BCUT2D eigenvalue weighted by Gasteiger charge is 2.22. The Kier molecular flexibility index (Phi) is 5.96. The summed E-state index contributed by atoms with van der Waals surface area (Å²) in [6.45, 7) is 8.25. The van der Waals surface area contributed by atoms with Crippen LogP contribution in [0.5, 0.6) is 5.75 Å². The molecule has 1 aromatic heterocycles. The zero-order valence-electron chi connectivity index (χ0n) is 16.8. The van der Waals surface area contributed by atoms with E-state index >= 15 is 0 Å². The van der Waals surface area contributed by atoms with Gasteiger partial charge in [0.05, 0.1) is 16.8 Å². The van der Waals surface area contributed by atoms with Crippen molar-refractivity contribution in [1.29, 1.82) is 0 Å². The molecular formula is C22H23ClN2O3S. The van der Waals surface area contributed by atoms with Crippen LogP contribution in [0.15, 0.2) is 64.5 Å².